The predicted octanol–water partition coefficient (Wildman–Crippen LogP) is 7.09. The van der Waals surface area contributed by atoms with Gasteiger partial charge in [-0.1, -0.05) is 84.4 Å². The minimum atomic E-state index is -0.420. The highest BCUT2D eigenvalue weighted by Crippen LogP contribution is 2.25. The second-order valence-electron chi connectivity index (χ2n) is 7.80. The molecule has 166 valence electrons. The fourth-order valence-electron chi connectivity index (χ4n) is 3.77. The molecule has 5 rings (SSSR count). The van der Waals surface area contributed by atoms with Gasteiger partial charge in [0.2, 0.25) is 0 Å². The summed E-state index contributed by atoms with van der Waals surface area (Å²) < 4.78 is 8.00. The van der Waals surface area contributed by atoms with Crippen LogP contribution in [0.2, 0.25) is 5.02 Å². The molecule has 0 fully saturated rings. The van der Waals surface area contributed by atoms with Crippen molar-refractivity contribution < 1.29 is 9.53 Å². The molecule has 1 aromatic heterocycles. The Morgan fingerprint density at radius 1 is 0.794 bits per heavy atom. The highest BCUT2D eigenvalue weighted by atomic mass is 35.5. The van der Waals surface area contributed by atoms with Crippen LogP contribution in [0.3, 0.4) is 0 Å². The van der Waals surface area contributed by atoms with Gasteiger partial charge in [-0.2, -0.15) is 0 Å². The molecule has 0 amide bonds. The minimum Gasteiger partial charge on any atom is -0.422 e. The van der Waals surface area contributed by atoms with Crippen LogP contribution in [0.1, 0.15) is 27.3 Å². The summed E-state index contributed by atoms with van der Waals surface area (Å²) in [6, 6.07) is 34.3. The van der Waals surface area contributed by atoms with E-state index in [0.717, 1.165) is 22.2 Å². The van der Waals surface area contributed by atoms with Crippen LogP contribution < -0.4 is 0 Å². The fourth-order valence-corrected chi connectivity index (χ4v) is 3.89. The van der Waals surface area contributed by atoms with Crippen molar-refractivity contribution in [3.05, 3.63) is 137 Å². The summed E-state index contributed by atoms with van der Waals surface area (Å²) in [6.45, 7) is 0.595. The second kappa shape index (κ2) is 9.77. The Morgan fingerprint density at radius 2 is 1.41 bits per heavy atom. The lowest BCUT2D eigenvalue weighted by Crippen LogP contribution is -2.06. The first kappa shape index (κ1) is 21.7. The Hall–Kier alpha value is -4.15. The van der Waals surface area contributed by atoms with Crippen molar-refractivity contribution in [1.82, 2.24) is 9.55 Å². The molecule has 0 spiro atoms. The maximum Gasteiger partial charge on any atom is 0.343 e. The number of ether oxygens (including phenoxy) is 1. The number of fused-ring (bicyclic) bond motifs is 1. The standard InChI is InChI=1S/C29H21ClN2O2/c30-24-17-15-21(16-18-24)20-32-26-14-8-7-13-25(26)31-28(32)19-27(22-9-3-1-4-10-22)34-29(33)23-11-5-2-6-12-23/h1-19H,20H2. The van der Waals surface area contributed by atoms with E-state index in [0.29, 0.717) is 28.7 Å². The molecule has 0 atom stereocenters. The van der Waals surface area contributed by atoms with Gasteiger partial charge in [0.15, 0.2) is 0 Å². The van der Waals surface area contributed by atoms with Crippen LogP contribution in [0.25, 0.3) is 22.9 Å². The molecule has 5 aromatic rings. The Kier molecular flexibility index (Phi) is 6.23. The van der Waals surface area contributed by atoms with Gasteiger partial charge in [-0.15, -0.1) is 0 Å². The lowest BCUT2D eigenvalue weighted by atomic mass is 10.1. The summed E-state index contributed by atoms with van der Waals surface area (Å²) in [5, 5.41) is 0.693. The van der Waals surface area contributed by atoms with Crippen LogP contribution >= 0.6 is 11.6 Å². The van der Waals surface area contributed by atoms with Gasteiger partial charge < -0.3 is 9.30 Å². The molecule has 0 aliphatic rings. The van der Waals surface area contributed by atoms with Crippen LogP contribution in [0, 0.1) is 0 Å². The number of aromatic nitrogens is 2. The van der Waals surface area contributed by atoms with E-state index in [2.05, 4.69) is 4.57 Å². The minimum absolute atomic E-state index is 0.420. The summed E-state index contributed by atoms with van der Waals surface area (Å²) in [4.78, 5) is 17.7. The van der Waals surface area contributed by atoms with Crippen LogP contribution in [0.4, 0.5) is 0 Å². The summed E-state index contributed by atoms with van der Waals surface area (Å²) in [5.74, 6) is 0.703. The molecule has 0 radical (unpaired) electrons. The molecule has 0 aliphatic heterocycles. The van der Waals surface area contributed by atoms with Crippen molar-refractivity contribution >= 4 is 40.4 Å². The van der Waals surface area contributed by atoms with Crippen LogP contribution in [0.15, 0.2) is 109 Å². The van der Waals surface area contributed by atoms with Gasteiger partial charge in [-0.25, -0.2) is 9.78 Å². The third-order valence-electron chi connectivity index (χ3n) is 5.47. The highest BCUT2D eigenvalue weighted by molar-refractivity contribution is 6.30. The molecule has 0 aliphatic carbocycles. The molecule has 34 heavy (non-hydrogen) atoms. The van der Waals surface area contributed by atoms with Crippen molar-refractivity contribution in [2.75, 3.05) is 0 Å². The Morgan fingerprint density at radius 3 is 2.12 bits per heavy atom. The quantitative estimate of drug-likeness (QED) is 0.199. The van der Waals surface area contributed by atoms with Gasteiger partial charge in [0.25, 0.3) is 0 Å². The van der Waals surface area contributed by atoms with E-state index >= 15 is 0 Å². The zero-order valence-corrected chi connectivity index (χ0v) is 19.0. The van der Waals surface area contributed by atoms with E-state index in [4.69, 9.17) is 21.3 Å². The molecule has 0 N–H and O–H groups in total. The van der Waals surface area contributed by atoms with Crippen molar-refractivity contribution in [1.29, 1.82) is 0 Å². The molecule has 0 saturated heterocycles. The van der Waals surface area contributed by atoms with Crippen molar-refractivity contribution in [2.45, 2.75) is 6.54 Å². The third-order valence-corrected chi connectivity index (χ3v) is 5.72. The predicted molar refractivity (Wildman–Crippen MR) is 136 cm³/mol. The Bertz CT molecular complexity index is 1460. The number of carbonyl (C=O) groups excluding carboxylic acids is 1. The van der Waals surface area contributed by atoms with Crippen molar-refractivity contribution in [3.63, 3.8) is 0 Å². The number of carbonyl (C=O) groups is 1. The zero-order chi connectivity index (χ0) is 23.3. The molecule has 5 heteroatoms. The first-order chi connectivity index (χ1) is 16.7. The van der Waals surface area contributed by atoms with Gasteiger partial charge in [-0.3, -0.25) is 0 Å². The Balaban J connectivity index is 1.60. The maximum absolute atomic E-state index is 12.9. The summed E-state index contributed by atoms with van der Waals surface area (Å²) in [6.07, 6.45) is 1.83. The van der Waals surface area contributed by atoms with Gasteiger partial charge in [-0.05, 0) is 42.0 Å². The number of halogens is 1. The largest absolute Gasteiger partial charge is 0.422 e. The summed E-state index contributed by atoms with van der Waals surface area (Å²) in [7, 11) is 0. The maximum atomic E-state index is 12.9. The van der Waals surface area contributed by atoms with Crippen LogP contribution in [0.5, 0.6) is 0 Å². The smallest absolute Gasteiger partial charge is 0.343 e. The monoisotopic (exact) mass is 464 g/mol. The van der Waals surface area contributed by atoms with Crippen molar-refractivity contribution in [2.24, 2.45) is 0 Å². The summed E-state index contributed by atoms with van der Waals surface area (Å²) in [5.41, 5.74) is 4.22. The number of benzene rings is 4. The number of esters is 1. The molecule has 0 saturated carbocycles. The van der Waals surface area contributed by atoms with Gasteiger partial charge in [0.1, 0.15) is 11.6 Å². The number of hydrogen-bond acceptors (Lipinski definition) is 3. The lowest BCUT2D eigenvalue weighted by molar-refractivity contribution is 0.0693. The first-order valence-corrected chi connectivity index (χ1v) is 11.3. The van der Waals surface area contributed by atoms with Gasteiger partial charge in [0.05, 0.1) is 16.6 Å². The lowest BCUT2D eigenvalue weighted by Gasteiger charge is -2.11. The Labute approximate surface area is 202 Å². The van der Waals surface area contributed by atoms with Crippen LogP contribution in [-0.2, 0) is 11.3 Å². The number of para-hydroxylation sites is 2. The number of nitrogens with zero attached hydrogens (tertiary/aromatic N) is 2. The van der Waals surface area contributed by atoms with Gasteiger partial charge in [0, 0.05) is 23.2 Å². The molecule has 0 unspecified atom stereocenters. The highest BCUT2D eigenvalue weighted by Gasteiger charge is 2.15. The molecule has 0 bridgehead atoms. The number of hydrogen-bond donors (Lipinski definition) is 0. The molecular weight excluding hydrogens is 444 g/mol. The average molecular weight is 465 g/mol. The summed E-state index contributed by atoms with van der Waals surface area (Å²) >= 11 is 6.08. The average Bonchev–Trinajstić information content (AvgIpc) is 3.22. The number of rotatable bonds is 6. The topological polar surface area (TPSA) is 44.1 Å². The SMILES string of the molecule is O=C(OC(=Cc1nc2ccccc2n1Cc1ccc(Cl)cc1)c1ccccc1)c1ccccc1. The van der Waals surface area contributed by atoms with Crippen molar-refractivity contribution in [3.8, 4) is 0 Å². The van der Waals surface area contributed by atoms with E-state index in [9.17, 15) is 4.79 Å². The van der Waals surface area contributed by atoms with E-state index < -0.39 is 5.97 Å². The molecule has 4 nitrogen and oxygen atoms in total. The van der Waals surface area contributed by atoms with E-state index in [1.165, 1.54) is 0 Å². The second-order valence-corrected chi connectivity index (χ2v) is 8.24. The van der Waals surface area contributed by atoms with E-state index in [1.54, 1.807) is 12.1 Å². The van der Waals surface area contributed by atoms with Gasteiger partial charge >= 0.3 is 5.97 Å². The van der Waals surface area contributed by atoms with E-state index in [1.807, 2.05) is 103 Å². The third kappa shape index (κ3) is 4.77. The van der Waals surface area contributed by atoms with E-state index in [-0.39, 0.29) is 0 Å². The molecular formula is C29H21ClN2O2. The van der Waals surface area contributed by atoms with Crippen LogP contribution in [-0.4, -0.2) is 15.5 Å². The molecule has 4 aromatic carbocycles. The fraction of sp³-hybridized carbons (Fsp3) is 0.0345. The zero-order valence-electron chi connectivity index (χ0n) is 18.3. The number of imidazole rings is 1. The normalized spacial score (nSPS) is 11.5. The molecule has 1 heterocycles. The first-order valence-electron chi connectivity index (χ1n) is 10.9.